The number of fused-ring (bicyclic) bond motifs is 2. The van der Waals surface area contributed by atoms with Gasteiger partial charge in [-0.2, -0.15) is 0 Å². The number of aromatic amines is 1. The molecule has 27 heavy (non-hydrogen) atoms. The predicted octanol–water partition coefficient (Wildman–Crippen LogP) is 4.46. The third-order valence-electron chi connectivity index (χ3n) is 5.63. The van der Waals surface area contributed by atoms with Crippen LogP contribution in [0.4, 0.5) is 5.69 Å². The van der Waals surface area contributed by atoms with Gasteiger partial charge in [-0.1, -0.05) is 12.1 Å². The van der Waals surface area contributed by atoms with Crippen molar-refractivity contribution in [3.63, 3.8) is 0 Å². The molecule has 136 valence electrons. The van der Waals surface area contributed by atoms with Crippen LogP contribution in [0.25, 0.3) is 33.1 Å². The van der Waals surface area contributed by atoms with Gasteiger partial charge in [0.15, 0.2) is 0 Å². The van der Waals surface area contributed by atoms with E-state index in [2.05, 4.69) is 62.7 Å². The number of rotatable bonds is 3. The Morgan fingerprint density at radius 3 is 2.52 bits per heavy atom. The molecule has 5 rings (SSSR count). The SMILES string of the molecule is NC1CCC(Nc2ccnc3ccc(-c4ccc5nc[nH]c5c4)cc23)CC1. The summed E-state index contributed by atoms with van der Waals surface area (Å²) in [6, 6.07) is 15.7. The summed E-state index contributed by atoms with van der Waals surface area (Å²) in [4.78, 5) is 12.0. The van der Waals surface area contributed by atoms with Gasteiger partial charge in [0.25, 0.3) is 0 Å². The summed E-state index contributed by atoms with van der Waals surface area (Å²) in [5.74, 6) is 0. The topological polar surface area (TPSA) is 79.6 Å². The predicted molar refractivity (Wildman–Crippen MR) is 111 cm³/mol. The molecule has 0 radical (unpaired) electrons. The molecule has 0 spiro atoms. The van der Waals surface area contributed by atoms with Gasteiger partial charge in [0, 0.05) is 29.4 Å². The quantitative estimate of drug-likeness (QED) is 0.506. The molecular weight excluding hydrogens is 334 g/mol. The number of nitrogens with two attached hydrogens (primary N) is 1. The summed E-state index contributed by atoms with van der Waals surface area (Å²) in [6.45, 7) is 0. The first-order chi connectivity index (χ1) is 13.3. The standard InChI is InChI=1S/C22H23N5/c23-16-3-5-17(6-4-16)27-20-9-10-24-19-7-1-14(11-18(19)20)15-2-8-21-22(12-15)26-13-25-21/h1-2,7-13,16-17H,3-6,23H2,(H,24,27)(H,25,26). The Kier molecular flexibility index (Phi) is 4.02. The minimum atomic E-state index is 0.362. The lowest BCUT2D eigenvalue weighted by molar-refractivity contribution is 0.411. The zero-order chi connectivity index (χ0) is 18.2. The molecule has 4 N–H and O–H groups in total. The maximum Gasteiger partial charge on any atom is 0.0931 e. The van der Waals surface area contributed by atoms with Gasteiger partial charge in [-0.25, -0.2) is 4.98 Å². The average Bonchev–Trinajstić information content (AvgIpc) is 3.17. The molecule has 2 heterocycles. The maximum atomic E-state index is 6.05. The first-order valence-electron chi connectivity index (χ1n) is 9.61. The van der Waals surface area contributed by atoms with E-state index in [1.807, 2.05) is 6.20 Å². The van der Waals surface area contributed by atoms with E-state index in [0.29, 0.717) is 12.1 Å². The Morgan fingerprint density at radius 2 is 1.67 bits per heavy atom. The van der Waals surface area contributed by atoms with Crippen LogP contribution in [0, 0.1) is 0 Å². The molecule has 5 heteroatoms. The number of H-pyrrole nitrogens is 1. The van der Waals surface area contributed by atoms with Crippen molar-refractivity contribution in [2.75, 3.05) is 5.32 Å². The van der Waals surface area contributed by atoms with E-state index in [1.54, 1.807) is 6.33 Å². The van der Waals surface area contributed by atoms with Crippen molar-refractivity contribution < 1.29 is 0 Å². The van der Waals surface area contributed by atoms with Crippen molar-refractivity contribution in [1.82, 2.24) is 15.0 Å². The molecule has 0 unspecified atom stereocenters. The fourth-order valence-electron chi connectivity index (χ4n) is 4.05. The number of nitrogens with one attached hydrogen (secondary N) is 2. The number of anilines is 1. The van der Waals surface area contributed by atoms with Gasteiger partial charge in [0.05, 0.1) is 22.9 Å². The molecule has 1 saturated carbocycles. The van der Waals surface area contributed by atoms with Gasteiger partial charge in [-0.15, -0.1) is 0 Å². The van der Waals surface area contributed by atoms with Crippen LogP contribution in [0.1, 0.15) is 25.7 Å². The largest absolute Gasteiger partial charge is 0.382 e. The van der Waals surface area contributed by atoms with Gasteiger partial charge in [0.1, 0.15) is 0 Å². The number of pyridine rings is 1. The number of imidazole rings is 1. The average molecular weight is 357 g/mol. The van der Waals surface area contributed by atoms with Gasteiger partial charge < -0.3 is 16.0 Å². The van der Waals surface area contributed by atoms with Crippen LogP contribution in [0.15, 0.2) is 55.0 Å². The lowest BCUT2D eigenvalue weighted by Gasteiger charge is -2.28. The fourth-order valence-corrected chi connectivity index (χ4v) is 4.05. The number of aromatic nitrogens is 3. The molecular formula is C22H23N5. The van der Waals surface area contributed by atoms with E-state index >= 15 is 0 Å². The lowest BCUT2D eigenvalue weighted by atomic mass is 9.91. The van der Waals surface area contributed by atoms with Gasteiger partial charge in [0.2, 0.25) is 0 Å². The van der Waals surface area contributed by atoms with Crippen LogP contribution in [-0.4, -0.2) is 27.0 Å². The highest BCUT2D eigenvalue weighted by Gasteiger charge is 2.19. The third-order valence-corrected chi connectivity index (χ3v) is 5.63. The van der Waals surface area contributed by atoms with E-state index < -0.39 is 0 Å². The van der Waals surface area contributed by atoms with Crippen LogP contribution in [0.3, 0.4) is 0 Å². The Morgan fingerprint density at radius 1 is 0.889 bits per heavy atom. The van der Waals surface area contributed by atoms with Crippen LogP contribution >= 0.6 is 0 Å². The van der Waals surface area contributed by atoms with Crippen LogP contribution < -0.4 is 11.1 Å². The second-order valence-corrected chi connectivity index (χ2v) is 7.48. The Balaban J connectivity index is 1.51. The minimum absolute atomic E-state index is 0.362. The highest BCUT2D eigenvalue weighted by Crippen LogP contribution is 2.31. The number of benzene rings is 2. The Bertz CT molecular complexity index is 1090. The first-order valence-corrected chi connectivity index (χ1v) is 9.61. The molecule has 4 aromatic rings. The van der Waals surface area contributed by atoms with Crippen molar-refractivity contribution in [1.29, 1.82) is 0 Å². The number of hydrogen-bond donors (Lipinski definition) is 3. The summed E-state index contributed by atoms with van der Waals surface area (Å²) in [5, 5.41) is 4.90. The summed E-state index contributed by atoms with van der Waals surface area (Å²) in [7, 11) is 0. The zero-order valence-corrected chi connectivity index (χ0v) is 15.2. The molecule has 1 fully saturated rings. The van der Waals surface area contributed by atoms with Crippen LogP contribution in [0.5, 0.6) is 0 Å². The van der Waals surface area contributed by atoms with Crippen LogP contribution in [0.2, 0.25) is 0 Å². The summed E-state index contributed by atoms with van der Waals surface area (Å²) < 4.78 is 0. The minimum Gasteiger partial charge on any atom is -0.382 e. The molecule has 0 atom stereocenters. The third kappa shape index (κ3) is 3.15. The molecule has 0 aliphatic heterocycles. The monoisotopic (exact) mass is 357 g/mol. The first kappa shape index (κ1) is 16.3. The zero-order valence-electron chi connectivity index (χ0n) is 15.2. The van der Waals surface area contributed by atoms with E-state index in [4.69, 9.17) is 5.73 Å². The second kappa shape index (κ2) is 6.67. The summed E-state index contributed by atoms with van der Waals surface area (Å²) in [5.41, 5.74) is 12.6. The van der Waals surface area contributed by atoms with Gasteiger partial charge in [-0.05, 0) is 67.1 Å². The Hall–Kier alpha value is -2.92. The molecule has 2 aromatic heterocycles. The second-order valence-electron chi connectivity index (χ2n) is 7.48. The molecule has 2 aromatic carbocycles. The highest BCUT2D eigenvalue weighted by molar-refractivity contribution is 5.95. The van der Waals surface area contributed by atoms with E-state index in [1.165, 1.54) is 11.1 Å². The maximum absolute atomic E-state index is 6.05. The number of hydrogen-bond acceptors (Lipinski definition) is 4. The molecule has 0 saturated heterocycles. The molecule has 0 bridgehead atoms. The van der Waals surface area contributed by atoms with Crippen molar-refractivity contribution >= 4 is 27.6 Å². The van der Waals surface area contributed by atoms with E-state index in [-0.39, 0.29) is 0 Å². The lowest BCUT2D eigenvalue weighted by Crippen LogP contribution is -2.32. The van der Waals surface area contributed by atoms with Crippen LogP contribution in [-0.2, 0) is 0 Å². The van der Waals surface area contributed by atoms with Gasteiger partial charge in [-0.3, -0.25) is 4.98 Å². The molecule has 0 amide bonds. The molecule has 1 aliphatic rings. The summed E-state index contributed by atoms with van der Waals surface area (Å²) >= 11 is 0. The number of nitrogens with zero attached hydrogens (tertiary/aromatic N) is 2. The van der Waals surface area contributed by atoms with E-state index in [9.17, 15) is 0 Å². The smallest absolute Gasteiger partial charge is 0.0931 e. The van der Waals surface area contributed by atoms with Crippen molar-refractivity contribution in [2.24, 2.45) is 5.73 Å². The molecule has 5 nitrogen and oxygen atoms in total. The normalized spacial score (nSPS) is 20.2. The van der Waals surface area contributed by atoms with E-state index in [0.717, 1.165) is 53.3 Å². The van der Waals surface area contributed by atoms with Crippen molar-refractivity contribution in [3.05, 3.63) is 55.0 Å². The van der Waals surface area contributed by atoms with Crippen molar-refractivity contribution in [3.8, 4) is 11.1 Å². The summed E-state index contributed by atoms with van der Waals surface area (Å²) in [6.07, 6.45) is 8.06. The highest BCUT2D eigenvalue weighted by atomic mass is 14.9. The fraction of sp³-hybridized carbons (Fsp3) is 0.273. The van der Waals surface area contributed by atoms with Crippen molar-refractivity contribution in [2.45, 2.75) is 37.8 Å². The molecule has 1 aliphatic carbocycles. The Labute approximate surface area is 158 Å². The van der Waals surface area contributed by atoms with Gasteiger partial charge >= 0.3 is 0 Å².